The van der Waals surface area contributed by atoms with E-state index in [1.54, 1.807) is 0 Å². The minimum absolute atomic E-state index is 0.0424. The SMILES string of the molecule is COc1ccc(S(=O)(=O)NC2CCC(C(F)(F)F)CC2)cc1. The van der Waals surface area contributed by atoms with Crippen molar-refractivity contribution in [2.75, 3.05) is 7.11 Å². The molecule has 1 aliphatic rings. The molecule has 4 nitrogen and oxygen atoms in total. The van der Waals surface area contributed by atoms with Crippen LogP contribution in [0.2, 0.25) is 0 Å². The molecule has 22 heavy (non-hydrogen) atoms. The molecular formula is C14H18F3NO3S. The standard InChI is InChI=1S/C14H18F3NO3S/c1-21-12-6-8-13(9-7-12)22(19,20)18-11-4-2-10(3-5-11)14(15,16)17/h6-11,18H,2-5H2,1H3. The minimum atomic E-state index is -4.19. The third-order valence-electron chi connectivity index (χ3n) is 3.88. The van der Waals surface area contributed by atoms with Crippen LogP contribution in [0.5, 0.6) is 5.75 Å². The lowest BCUT2D eigenvalue weighted by Crippen LogP contribution is -2.39. The van der Waals surface area contributed by atoms with Crippen LogP contribution in [0.25, 0.3) is 0 Å². The van der Waals surface area contributed by atoms with Crippen LogP contribution in [0.4, 0.5) is 13.2 Å². The van der Waals surface area contributed by atoms with E-state index < -0.39 is 28.2 Å². The van der Waals surface area contributed by atoms with E-state index in [1.165, 1.54) is 31.4 Å². The lowest BCUT2D eigenvalue weighted by Gasteiger charge is -2.30. The summed E-state index contributed by atoms with van der Waals surface area (Å²) in [5, 5.41) is 0. The first-order chi connectivity index (χ1) is 10.2. The maximum absolute atomic E-state index is 12.6. The van der Waals surface area contributed by atoms with Crippen molar-refractivity contribution >= 4 is 10.0 Å². The van der Waals surface area contributed by atoms with Gasteiger partial charge in [-0.05, 0) is 49.9 Å². The number of benzene rings is 1. The fourth-order valence-corrected chi connectivity index (χ4v) is 3.89. The summed E-state index contributed by atoms with van der Waals surface area (Å²) in [6.45, 7) is 0. The number of sulfonamides is 1. The second kappa shape index (κ2) is 6.45. The number of halogens is 3. The third kappa shape index (κ3) is 4.13. The molecule has 0 aliphatic heterocycles. The Labute approximate surface area is 127 Å². The Kier molecular flexibility index (Phi) is 5.01. The van der Waals surface area contributed by atoms with Crippen molar-refractivity contribution in [3.05, 3.63) is 24.3 Å². The van der Waals surface area contributed by atoms with Gasteiger partial charge in [-0.3, -0.25) is 0 Å². The van der Waals surface area contributed by atoms with Crippen molar-refractivity contribution in [1.29, 1.82) is 0 Å². The smallest absolute Gasteiger partial charge is 0.391 e. The summed E-state index contributed by atoms with van der Waals surface area (Å²) in [6.07, 6.45) is -3.89. The van der Waals surface area contributed by atoms with Crippen molar-refractivity contribution in [3.8, 4) is 5.75 Å². The summed E-state index contributed by atoms with van der Waals surface area (Å²) in [7, 11) is -2.25. The van der Waals surface area contributed by atoms with Crippen LogP contribution in [-0.4, -0.2) is 27.7 Å². The molecule has 0 spiro atoms. The molecule has 0 saturated heterocycles. The molecule has 0 heterocycles. The van der Waals surface area contributed by atoms with Crippen LogP contribution in [0.3, 0.4) is 0 Å². The average molecular weight is 337 g/mol. The van der Waals surface area contributed by atoms with Crippen LogP contribution in [-0.2, 0) is 10.0 Å². The van der Waals surface area contributed by atoms with E-state index in [9.17, 15) is 21.6 Å². The molecule has 124 valence electrons. The predicted molar refractivity (Wildman–Crippen MR) is 75.1 cm³/mol. The van der Waals surface area contributed by atoms with Gasteiger partial charge < -0.3 is 4.74 Å². The largest absolute Gasteiger partial charge is 0.497 e. The monoisotopic (exact) mass is 337 g/mol. The molecule has 0 aromatic heterocycles. The van der Waals surface area contributed by atoms with E-state index >= 15 is 0 Å². The number of rotatable bonds is 4. The number of hydrogen-bond acceptors (Lipinski definition) is 3. The Balaban J connectivity index is 1.98. The molecule has 2 rings (SSSR count). The molecule has 0 atom stereocenters. The van der Waals surface area contributed by atoms with Gasteiger partial charge in [0, 0.05) is 6.04 Å². The van der Waals surface area contributed by atoms with Gasteiger partial charge >= 0.3 is 6.18 Å². The van der Waals surface area contributed by atoms with Gasteiger partial charge in [0.25, 0.3) is 0 Å². The molecule has 1 aliphatic carbocycles. The summed E-state index contributed by atoms with van der Waals surface area (Å²) < 4.78 is 69.6. The quantitative estimate of drug-likeness (QED) is 0.918. The summed E-state index contributed by atoms with van der Waals surface area (Å²) in [5.74, 6) is -0.793. The lowest BCUT2D eigenvalue weighted by molar-refractivity contribution is -0.182. The van der Waals surface area contributed by atoms with E-state index in [-0.39, 0.29) is 30.6 Å². The number of alkyl halides is 3. The van der Waals surface area contributed by atoms with Crippen molar-refractivity contribution in [1.82, 2.24) is 4.72 Å². The zero-order chi connectivity index (χ0) is 16.4. The van der Waals surface area contributed by atoms with Crippen LogP contribution >= 0.6 is 0 Å². The number of hydrogen-bond donors (Lipinski definition) is 1. The molecule has 1 fully saturated rings. The molecule has 1 aromatic rings. The molecule has 8 heteroatoms. The van der Waals surface area contributed by atoms with Crippen molar-refractivity contribution < 1.29 is 26.3 Å². The zero-order valence-electron chi connectivity index (χ0n) is 12.1. The summed E-state index contributed by atoms with van der Waals surface area (Å²) in [5.41, 5.74) is 0. The van der Waals surface area contributed by atoms with Crippen molar-refractivity contribution in [3.63, 3.8) is 0 Å². The Morgan fingerprint density at radius 1 is 1.09 bits per heavy atom. The van der Waals surface area contributed by atoms with E-state index in [1.807, 2.05) is 0 Å². The first-order valence-electron chi connectivity index (χ1n) is 6.95. The predicted octanol–water partition coefficient (Wildman–Crippen LogP) is 3.09. The van der Waals surface area contributed by atoms with Gasteiger partial charge in [0.05, 0.1) is 17.9 Å². The second-order valence-corrected chi connectivity index (χ2v) is 7.10. The summed E-state index contributed by atoms with van der Waals surface area (Å²) >= 11 is 0. The van der Waals surface area contributed by atoms with E-state index in [2.05, 4.69) is 4.72 Å². The molecule has 1 aromatic carbocycles. The van der Waals surface area contributed by atoms with E-state index in [0.717, 1.165) is 0 Å². The number of ether oxygens (including phenoxy) is 1. The van der Waals surface area contributed by atoms with Crippen LogP contribution in [0, 0.1) is 5.92 Å². The van der Waals surface area contributed by atoms with Gasteiger partial charge in [-0.2, -0.15) is 13.2 Å². The zero-order valence-corrected chi connectivity index (χ0v) is 12.9. The van der Waals surface area contributed by atoms with E-state index in [4.69, 9.17) is 4.74 Å². The van der Waals surface area contributed by atoms with Crippen molar-refractivity contribution in [2.45, 2.75) is 42.8 Å². The summed E-state index contributed by atoms with van der Waals surface area (Å²) in [4.78, 5) is 0.0752. The molecule has 0 bridgehead atoms. The fraction of sp³-hybridized carbons (Fsp3) is 0.571. The average Bonchev–Trinajstić information content (AvgIpc) is 2.46. The minimum Gasteiger partial charge on any atom is -0.497 e. The molecule has 1 N–H and O–H groups in total. The normalized spacial score (nSPS) is 23.3. The molecule has 0 radical (unpaired) electrons. The Bertz CT molecular complexity index is 591. The maximum Gasteiger partial charge on any atom is 0.391 e. The Morgan fingerprint density at radius 2 is 1.64 bits per heavy atom. The number of nitrogens with one attached hydrogen (secondary N) is 1. The lowest BCUT2D eigenvalue weighted by atomic mass is 9.86. The number of methoxy groups -OCH3 is 1. The van der Waals surface area contributed by atoms with Gasteiger partial charge in [-0.15, -0.1) is 0 Å². The van der Waals surface area contributed by atoms with Gasteiger partial charge in [0.2, 0.25) is 10.0 Å². The molecule has 1 saturated carbocycles. The topological polar surface area (TPSA) is 55.4 Å². The molecular weight excluding hydrogens is 319 g/mol. The highest BCUT2D eigenvalue weighted by molar-refractivity contribution is 7.89. The highest BCUT2D eigenvalue weighted by atomic mass is 32.2. The van der Waals surface area contributed by atoms with Gasteiger partial charge in [-0.25, -0.2) is 13.1 Å². The maximum atomic E-state index is 12.6. The third-order valence-corrected chi connectivity index (χ3v) is 5.42. The molecule has 0 amide bonds. The Hall–Kier alpha value is -1.28. The highest BCUT2D eigenvalue weighted by Gasteiger charge is 2.41. The fourth-order valence-electron chi connectivity index (χ4n) is 2.58. The second-order valence-electron chi connectivity index (χ2n) is 5.39. The van der Waals surface area contributed by atoms with Gasteiger partial charge in [0.1, 0.15) is 5.75 Å². The van der Waals surface area contributed by atoms with Crippen LogP contribution in [0.1, 0.15) is 25.7 Å². The highest BCUT2D eigenvalue weighted by Crippen LogP contribution is 2.37. The molecule has 0 unspecified atom stereocenters. The van der Waals surface area contributed by atoms with Crippen LogP contribution in [0.15, 0.2) is 29.2 Å². The summed E-state index contributed by atoms with van der Waals surface area (Å²) in [6, 6.07) is 5.40. The van der Waals surface area contributed by atoms with Crippen LogP contribution < -0.4 is 9.46 Å². The van der Waals surface area contributed by atoms with Gasteiger partial charge in [0.15, 0.2) is 0 Å². The first kappa shape index (κ1) is 17.1. The Morgan fingerprint density at radius 3 is 2.09 bits per heavy atom. The van der Waals surface area contributed by atoms with Crippen molar-refractivity contribution in [2.24, 2.45) is 5.92 Å². The first-order valence-corrected chi connectivity index (χ1v) is 8.44. The van der Waals surface area contributed by atoms with E-state index in [0.29, 0.717) is 5.75 Å². The van der Waals surface area contributed by atoms with Gasteiger partial charge in [-0.1, -0.05) is 0 Å².